The van der Waals surface area contributed by atoms with Gasteiger partial charge in [0.05, 0.1) is 5.56 Å². The summed E-state index contributed by atoms with van der Waals surface area (Å²) in [6, 6.07) is 4.49. The number of nitrogens with zero attached hydrogens (tertiary/aromatic N) is 3. The Bertz CT molecular complexity index is 638. The van der Waals surface area contributed by atoms with Crippen molar-refractivity contribution in [3.8, 4) is 11.4 Å². The van der Waals surface area contributed by atoms with Gasteiger partial charge in [0.2, 0.25) is 0 Å². The number of imidazole rings is 1. The summed E-state index contributed by atoms with van der Waals surface area (Å²) in [6.45, 7) is 4.18. The highest BCUT2D eigenvalue weighted by Crippen LogP contribution is 2.32. The minimum atomic E-state index is -0.835. The van der Waals surface area contributed by atoms with E-state index in [1.165, 1.54) is 6.07 Å². The number of piperidine rings is 1. The van der Waals surface area contributed by atoms with Crippen molar-refractivity contribution in [2.45, 2.75) is 19.4 Å². The lowest BCUT2D eigenvalue weighted by Gasteiger charge is -2.36. The second kappa shape index (κ2) is 5.56. The Morgan fingerprint density at radius 2 is 2.10 bits per heavy atom. The van der Waals surface area contributed by atoms with Gasteiger partial charge in [-0.3, -0.25) is 0 Å². The second-order valence-electron chi connectivity index (χ2n) is 5.86. The fourth-order valence-electron chi connectivity index (χ4n) is 3.22. The number of benzene rings is 1. The maximum absolute atomic E-state index is 14.0. The number of hydrogen-bond donors (Lipinski definition) is 0. The van der Waals surface area contributed by atoms with E-state index in [1.54, 1.807) is 12.3 Å². The normalized spacial score (nSPS) is 23.4. The van der Waals surface area contributed by atoms with Crippen molar-refractivity contribution in [3.63, 3.8) is 0 Å². The van der Waals surface area contributed by atoms with Crippen LogP contribution >= 0.6 is 0 Å². The second-order valence-corrected chi connectivity index (χ2v) is 5.86. The highest BCUT2D eigenvalue weighted by Gasteiger charge is 2.28. The van der Waals surface area contributed by atoms with Gasteiger partial charge in [-0.1, -0.05) is 13.0 Å². The van der Waals surface area contributed by atoms with Crippen LogP contribution in [0.5, 0.6) is 0 Å². The van der Waals surface area contributed by atoms with E-state index in [-0.39, 0.29) is 11.6 Å². The van der Waals surface area contributed by atoms with E-state index in [9.17, 15) is 8.78 Å². The van der Waals surface area contributed by atoms with E-state index < -0.39 is 11.6 Å². The summed E-state index contributed by atoms with van der Waals surface area (Å²) >= 11 is 0. The summed E-state index contributed by atoms with van der Waals surface area (Å²) in [7, 11) is 2.10. The van der Waals surface area contributed by atoms with Crippen LogP contribution in [0.4, 0.5) is 8.78 Å². The van der Waals surface area contributed by atoms with Crippen LogP contribution in [0.25, 0.3) is 11.4 Å². The largest absolute Gasteiger partial charge is 0.327 e. The molecule has 2 heterocycles. The van der Waals surface area contributed by atoms with E-state index >= 15 is 0 Å². The van der Waals surface area contributed by atoms with Crippen molar-refractivity contribution < 1.29 is 8.78 Å². The van der Waals surface area contributed by atoms with Gasteiger partial charge in [0.1, 0.15) is 5.82 Å². The summed E-state index contributed by atoms with van der Waals surface area (Å²) in [5.41, 5.74) is 0.228. The molecule has 0 N–H and O–H groups in total. The average molecular weight is 291 g/mol. The van der Waals surface area contributed by atoms with Gasteiger partial charge in [-0.15, -0.1) is 0 Å². The van der Waals surface area contributed by atoms with Crippen molar-refractivity contribution >= 4 is 0 Å². The third kappa shape index (κ3) is 2.58. The fraction of sp³-hybridized carbons (Fsp3) is 0.438. The Kier molecular flexibility index (Phi) is 3.76. The molecule has 0 bridgehead atoms. The van der Waals surface area contributed by atoms with Crippen molar-refractivity contribution in [3.05, 3.63) is 42.2 Å². The van der Waals surface area contributed by atoms with Gasteiger partial charge in [-0.2, -0.15) is 0 Å². The Morgan fingerprint density at radius 1 is 1.29 bits per heavy atom. The van der Waals surface area contributed by atoms with Gasteiger partial charge in [-0.05, 0) is 38.1 Å². The van der Waals surface area contributed by atoms with Gasteiger partial charge in [0.15, 0.2) is 11.6 Å². The Balaban J connectivity index is 2.00. The molecule has 3 nitrogen and oxygen atoms in total. The first kappa shape index (κ1) is 14.2. The summed E-state index contributed by atoms with van der Waals surface area (Å²) < 4.78 is 29.5. The first-order valence-corrected chi connectivity index (χ1v) is 7.23. The van der Waals surface area contributed by atoms with Crippen LogP contribution in [-0.2, 0) is 0 Å². The third-order valence-electron chi connectivity index (χ3n) is 4.28. The quantitative estimate of drug-likeness (QED) is 0.846. The summed E-state index contributed by atoms with van der Waals surface area (Å²) in [5.74, 6) is -0.717. The van der Waals surface area contributed by atoms with E-state index in [0.717, 1.165) is 25.6 Å². The average Bonchev–Trinajstić information content (AvgIpc) is 2.91. The highest BCUT2D eigenvalue weighted by molar-refractivity contribution is 5.56. The van der Waals surface area contributed by atoms with Crippen LogP contribution in [0.15, 0.2) is 30.6 Å². The molecule has 0 saturated carbocycles. The van der Waals surface area contributed by atoms with Crippen molar-refractivity contribution in [1.29, 1.82) is 0 Å². The lowest BCUT2D eigenvalue weighted by atomic mass is 9.93. The monoisotopic (exact) mass is 291 g/mol. The van der Waals surface area contributed by atoms with Crippen molar-refractivity contribution in [2.24, 2.45) is 5.92 Å². The highest BCUT2D eigenvalue weighted by atomic mass is 19.2. The molecular weight excluding hydrogens is 272 g/mol. The number of rotatable bonds is 2. The van der Waals surface area contributed by atoms with Crippen LogP contribution in [0.2, 0.25) is 0 Å². The van der Waals surface area contributed by atoms with E-state index in [2.05, 4.69) is 23.9 Å². The molecule has 0 unspecified atom stereocenters. The van der Waals surface area contributed by atoms with Crippen LogP contribution < -0.4 is 0 Å². The molecule has 1 fully saturated rings. The van der Waals surface area contributed by atoms with Gasteiger partial charge in [0.25, 0.3) is 0 Å². The fourth-order valence-corrected chi connectivity index (χ4v) is 3.22. The predicted octanol–water partition coefficient (Wildman–Crippen LogP) is 3.34. The molecule has 1 aliphatic rings. The lowest BCUT2D eigenvalue weighted by molar-refractivity contribution is 0.160. The maximum Gasteiger partial charge on any atom is 0.169 e. The minimum Gasteiger partial charge on any atom is -0.327 e. The SMILES string of the molecule is C[C@H]1CN(C)CC[C@@H]1n1ccnc1-c1cccc(F)c1F. The van der Waals surface area contributed by atoms with Crippen LogP contribution in [0.1, 0.15) is 19.4 Å². The molecule has 3 rings (SSSR count). The minimum absolute atomic E-state index is 0.228. The zero-order valence-electron chi connectivity index (χ0n) is 12.3. The topological polar surface area (TPSA) is 21.1 Å². The Hall–Kier alpha value is -1.75. The molecule has 2 atom stereocenters. The van der Waals surface area contributed by atoms with E-state index in [1.807, 2.05) is 10.8 Å². The number of aromatic nitrogens is 2. The summed E-state index contributed by atoms with van der Waals surface area (Å²) in [6.07, 6.45) is 4.51. The molecule has 1 aliphatic heterocycles. The van der Waals surface area contributed by atoms with Gasteiger partial charge < -0.3 is 9.47 Å². The van der Waals surface area contributed by atoms with Crippen LogP contribution in [0, 0.1) is 17.6 Å². The van der Waals surface area contributed by atoms with E-state index in [0.29, 0.717) is 11.7 Å². The van der Waals surface area contributed by atoms with E-state index in [4.69, 9.17) is 0 Å². The molecule has 0 radical (unpaired) electrons. The standard InChI is InChI=1S/C16H19F2N3/c1-11-10-20(2)8-6-14(11)21-9-7-19-16(21)12-4-3-5-13(17)15(12)18/h3-5,7,9,11,14H,6,8,10H2,1-2H3/t11-,14-/m0/s1. The number of likely N-dealkylation sites (tertiary alicyclic amines) is 1. The maximum atomic E-state index is 14.0. The third-order valence-corrected chi connectivity index (χ3v) is 4.28. The molecule has 1 aromatic heterocycles. The molecule has 112 valence electrons. The Labute approximate surface area is 123 Å². The first-order valence-electron chi connectivity index (χ1n) is 7.23. The lowest BCUT2D eigenvalue weighted by Crippen LogP contribution is -2.37. The molecular formula is C16H19F2N3. The molecule has 0 spiro atoms. The van der Waals surface area contributed by atoms with Crippen LogP contribution in [-0.4, -0.2) is 34.6 Å². The van der Waals surface area contributed by atoms with Gasteiger partial charge in [0, 0.05) is 25.0 Å². The molecule has 5 heteroatoms. The molecule has 0 amide bonds. The molecule has 0 aliphatic carbocycles. The van der Waals surface area contributed by atoms with Crippen LogP contribution in [0.3, 0.4) is 0 Å². The number of halogens is 2. The zero-order chi connectivity index (χ0) is 15.0. The predicted molar refractivity (Wildman–Crippen MR) is 77.9 cm³/mol. The smallest absolute Gasteiger partial charge is 0.169 e. The van der Waals surface area contributed by atoms with Gasteiger partial charge >= 0.3 is 0 Å². The number of hydrogen-bond acceptors (Lipinski definition) is 2. The van der Waals surface area contributed by atoms with Gasteiger partial charge in [-0.25, -0.2) is 13.8 Å². The first-order chi connectivity index (χ1) is 10.1. The zero-order valence-corrected chi connectivity index (χ0v) is 12.3. The van der Waals surface area contributed by atoms with Crippen molar-refractivity contribution in [1.82, 2.24) is 14.5 Å². The van der Waals surface area contributed by atoms with Crippen molar-refractivity contribution in [2.75, 3.05) is 20.1 Å². The summed E-state index contributed by atoms with van der Waals surface area (Å²) in [4.78, 5) is 6.55. The molecule has 21 heavy (non-hydrogen) atoms. The summed E-state index contributed by atoms with van der Waals surface area (Å²) in [5, 5.41) is 0. The Morgan fingerprint density at radius 3 is 2.86 bits per heavy atom. The molecule has 1 saturated heterocycles. The molecule has 1 aromatic carbocycles. The molecule has 2 aromatic rings.